The van der Waals surface area contributed by atoms with Crippen LogP contribution in [0.4, 0.5) is 5.69 Å². The summed E-state index contributed by atoms with van der Waals surface area (Å²) in [5, 5.41) is 3.37. The Labute approximate surface area is 150 Å². The summed E-state index contributed by atoms with van der Waals surface area (Å²) in [5.74, 6) is 0.312. The number of carbonyl (C=O) groups is 1. The number of hydrogen-bond donors (Lipinski definition) is 1. The van der Waals surface area contributed by atoms with E-state index in [0.717, 1.165) is 5.56 Å². The summed E-state index contributed by atoms with van der Waals surface area (Å²) < 4.78 is 6.81. The monoisotopic (exact) mass is 361 g/mol. The molecule has 1 saturated heterocycles. The molecule has 1 aromatic heterocycles. The van der Waals surface area contributed by atoms with Gasteiger partial charge in [-0.1, -0.05) is 23.7 Å². The van der Waals surface area contributed by atoms with Crippen LogP contribution in [0.1, 0.15) is 24.2 Å². The van der Waals surface area contributed by atoms with Crippen molar-refractivity contribution >= 4 is 23.2 Å². The molecule has 0 unspecified atom stereocenters. The van der Waals surface area contributed by atoms with Crippen LogP contribution >= 0.6 is 11.6 Å². The fourth-order valence-electron chi connectivity index (χ4n) is 2.81. The first-order valence-corrected chi connectivity index (χ1v) is 8.62. The van der Waals surface area contributed by atoms with Crippen LogP contribution in [0, 0.1) is 12.8 Å². The maximum Gasteiger partial charge on any atom is 0.277 e. The lowest BCUT2D eigenvalue weighted by Gasteiger charge is -2.21. The molecule has 2 heterocycles. The summed E-state index contributed by atoms with van der Waals surface area (Å²) in [6.45, 7) is 3.28. The number of nitrogens with one attached hydrogen (secondary N) is 1. The van der Waals surface area contributed by atoms with E-state index in [-0.39, 0.29) is 23.1 Å². The summed E-state index contributed by atoms with van der Waals surface area (Å²) in [5.41, 5.74) is 0.878. The molecule has 0 bridgehead atoms. The number of hydrogen-bond acceptors (Lipinski definition) is 4. The van der Waals surface area contributed by atoms with Crippen LogP contribution in [0.2, 0.25) is 5.02 Å². The lowest BCUT2D eigenvalue weighted by Crippen LogP contribution is -2.33. The van der Waals surface area contributed by atoms with Crippen molar-refractivity contribution in [2.24, 2.45) is 5.92 Å². The minimum atomic E-state index is -0.261. The number of anilines is 1. The van der Waals surface area contributed by atoms with Gasteiger partial charge in [0.2, 0.25) is 5.91 Å². The number of aromatic nitrogens is 2. The summed E-state index contributed by atoms with van der Waals surface area (Å²) >= 11 is 5.90. The minimum absolute atomic E-state index is 0.126. The van der Waals surface area contributed by atoms with Crippen LogP contribution in [0.25, 0.3) is 0 Å². The number of benzene rings is 1. The van der Waals surface area contributed by atoms with Gasteiger partial charge in [-0.2, -0.15) is 0 Å². The van der Waals surface area contributed by atoms with Crippen molar-refractivity contribution in [3.05, 3.63) is 57.2 Å². The van der Waals surface area contributed by atoms with Crippen molar-refractivity contribution in [3.8, 4) is 0 Å². The molecule has 1 aromatic carbocycles. The van der Waals surface area contributed by atoms with Gasteiger partial charge < -0.3 is 10.1 Å². The van der Waals surface area contributed by atoms with E-state index in [1.165, 1.54) is 6.20 Å². The van der Waals surface area contributed by atoms with Crippen LogP contribution in [-0.4, -0.2) is 28.7 Å². The Kier molecular flexibility index (Phi) is 5.50. The normalized spacial score (nSPS) is 15.1. The second-order valence-electron chi connectivity index (χ2n) is 6.11. The Hall–Kier alpha value is -2.18. The molecule has 1 aliphatic heterocycles. The topological polar surface area (TPSA) is 73.2 Å². The van der Waals surface area contributed by atoms with Gasteiger partial charge in [-0.15, -0.1) is 0 Å². The molecule has 1 amide bonds. The number of halogens is 1. The summed E-state index contributed by atoms with van der Waals surface area (Å²) in [6.07, 6.45) is 2.77. The maximum atomic E-state index is 12.7. The quantitative estimate of drug-likeness (QED) is 0.908. The third-order valence-corrected chi connectivity index (χ3v) is 4.60. The van der Waals surface area contributed by atoms with E-state index in [1.54, 1.807) is 23.6 Å². The first kappa shape index (κ1) is 17.6. The second-order valence-corrected chi connectivity index (χ2v) is 6.55. The fraction of sp³-hybridized carbons (Fsp3) is 0.389. The van der Waals surface area contributed by atoms with Crippen molar-refractivity contribution in [1.82, 2.24) is 9.55 Å². The number of carbonyl (C=O) groups excluding carboxylic acids is 1. The number of nitrogens with zero attached hydrogens (tertiary/aromatic N) is 2. The number of amides is 1. The summed E-state index contributed by atoms with van der Waals surface area (Å²) in [7, 11) is 0. The SMILES string of the molecule is Cc1ncc(NC(=O)C2CCOCC2)c(=O)n1Cc1ccc(Cl)cc1. The van der Waals surface area contributed by atoms with E-state index in [4.69, 9.17) is 16.3 Å². The summed E-state index contributed by atoms with van der Waals surface area (Å²) in [6, 6.07) is 7.28. The van der Waals surface area contributed by atoms with Gasteiger partial charge in [-0.05, 0) is 37.5 Å². The first-order chi connectivity index (χ1) is 12.0. The average molecular weight is 362 g/mol. The van der Waals surface area contributed by atoms with Crippen LogP contribution in [0.15, 0.2) is 35.3 Å². The number of ether oxygens (including phenoxy) is 1. The molecule has 0 saturated carbocycles. The molecule has 2 aromatic rings. The van der Waals surface area contributed by atoms with Gasteiger partial charge >= 0.3 is 0 Å². The lowest BCUT2D eigenvalue weighted by atomic mass is 9.99. The van der Waals surface area contributed by atoms with E-state index in [9.17, 15) is 9.59 Å². The van der Waals surface area contributed by atoms with E-state index >= 15 is 0 Å². The van der Waals surface area contributed by atoms with E-state index < -0.39 is 0 Å². The van der Waals surface area contributed by atoms with Gasteiger partial charge in [-0.3, -0.25) is 14.2 Å². The van der Waals surface area contributed by atoms with Gasteiger partial charge in [0, 0.05) is 24.2 Å². The predicted molar refractivity (Wildman–Crippen MR) is 96.0 cm³/mol. The van der Waals surface area contributed by atoms with Crippen LogP contribution in [0.5, 0.6) is 0 Å². The molecule has 1 fully saturated rings. The van der Waals surface area contributed by atoms with Crippen molar-refractivity contribution in [3.63, 3.8) is 0 Å². The molecule has 3 rings (SSSR count). The van der Waals surface area contributed by atoms with E-state index in [1.807, 2.05) is 12.1 Å². The Morgan fingerprint density at radius 2 is 2.00 bits per heavy atom. The van der Waals surface area contributed by atoms with Crippen molar-refractivity contribution in [2.45, 2.75) is 26.3 Å². The molecule has 1 aliphatic rings. The van der Waals surface area contributed by atoms with Gasteiger partial charge in [0.05, 0.1) is 12.7 Å². The third kappa shape index (κ3) is 4.27. The van der Waals surface area contributed by atoms with Crippen molar-refractivity contribution in [2.75, 3.05) is 18.5 Å². The highest BCUT2D eigenvalue weighted by molar-refractivity contribution is 6.30. The van der Waals surface area contributed by atoms with Crippen molar-refractivity contribution in [1.29, 1.82) is 0 Å². The zero-order valence-electron chi connectivity index (χ0n) is 14.0. The largest absolute Gasteiger partial charge is 0.381 e. The smallest absolute Gasteiger partial charge is 0.277 e. The Balaban J connectivity index is 1.80. The maximum absolute atomic E-state index is 12.7. The Morgan fingerprint density at radius 1 is 1.32 bits per heavy atom. The highest BCUT2D eigenvalue weighted by Gasteiger charge is 2.22. The van der Waals surface area contributed by atoms with Gasteiger partial charge in [0.1, 0.15) is 11.5 Å². The first-order valence-electron chi connectivity index (χ1n) is 8.24. The van der Waals surface area contributed by atoms with Crippen LogP contribution in [0.3, 0.4) is 0 Å². The van der Waals surface area contributed by atoms with Gasteiger partial charge in [-0.25, -0.2) is 4.98 Å². The van der Waals surface area contributed by atoms with Crippen LogP contribution < -0.4 is 10.9 Å². The van der Waals surface area contributed by atoms with E-state index in [0.29, 0.717) is 43.4 Å². The third-order valence-electron chi connectivity index (χ3n) is 4.35. The standard InChI is InChI=1S/C18H20ClN3O3/c1-12-20-10-16(21-17(23)14-6-8-25-9-7-14)18(24)22(12)11-13-2-4-15(19)5-3-13/h2-5,10,14H,6-9,11H2,1H3,(H,21,23). The molecule has 0 atom stereocenters. The molecular formula is C18H20ClN3O3. The number of aryl methyl sites for hydroxylation is 1. The zero-order valence-corrected chi connectivity index (χ0v) is 14.8. The lowest BCUT2D eigenvalue weighted by molar-refractivity contribution is -0.122. The molecule has 0 radical (unpaired) electrons. The highest BCUT2D eigenvalue weighted by Crippen LogP contribution is 2.16. The molecule has 0 spiro atoms. The molecule has 6 nitrogen and oxygen atoms in total. The highest BCUT2D eigenvalue weighted by atomic mass is 35.5. The Bertz CT molecular complexity index is 811. The number of rotatable bonds is 4. The molecule has 132 valence electrons. The second kappa shape index (κ2) is 7.80. The Morgan fingerprint density at radius 3 is 2.68 bits per heavy atom. The van der Waals surface area contributed by atoms with E-state index in [2.05, 4.69) is 10.3 Å². The van der Waals surface area contributed by atoms with Crippen molar-refractivity contribution < 1.29 is 9.53 Å². The van der Waals surface area contributed by atoms with Crippen LogP contribution in [-0.2, 0) is 16.1 Å². The molecule has 1 N–H and O–H groups in total. The van der Waals surface area contributed by atoms with Gasteiger partial charge in [0.15, 0.2) is 0 Å². The molecule has 0 aliphatic carbocycles. The molecular weight excluding hydrogens is 342 g/mol. The predicted octanol–water partition coefficient (Wildman–Crippen LogP) is 2.62. The average Bonchev–Trinajstić information content (AvgIpc) is 2.63. The van der Waals surface area contributed by atoms with Gasteiger partial charge in [0.25, 0.3) is 5.56 Å². The minimum Gasteiger partial charge on any atom is -0.381 e. The fourth-order valence-corrected chi connectivity index (χ4v) is 2.94. The molecule has 7 heteroatoms. The summed E-state index contributed by atoms with van der Waals surface area (Å²) in [4.78, 5) is 29.3. The molecule has 25 heavy (non-hydrogen) atoms. The zero-order chi connectivity index (χ0) is 17.8.